The summed E-state index contributed by atoms with van der Waals surface area (Å²) in [6.45, 7) is 3.60. The monoisotopic (exact) mass is 279 g/mol. The predicted octanol–water partition coefficient (Wildman–Crippen LogP) is 1.21. The average molecular weight is 279 g/mol. The summed E-state index contributed by atoms with van der Waals surface area (Å²) in [5, 5.41) is 8.41. The number of nitrogens with one attached hydrogen (secondary N) is 3. The number of methoxy groups -OCH3 is 1. The molecule has 0 heterocycles. The van der Waals surface area contributed by atoms with Gasteiger partial charge < -0.3 is 20.7 Å². The van der Waals surface area contributed by atoms with Gasteiger partial charge in [-0.25, -0.2) is 0 Å². The molecule has 0 aliphatic rings. The zero-order valence-electron chi connectivity index (χ0n) is 12.2. The molecule has 0 radical (unpaired) electrons. The molecule has 0 aliphatic heterocycles. The second kappa shape index (κ2) is 7.02. The molecule has 0 saturated carbocycles. The van der Waals surface area contributed by atoms with E-state index in [1.165, 1.54) is 7.11 Å². The van der Waals surface area contributed by atoms with Crippen LogP contribution in [0, 0.1) is 0 Å². The van der Waals surface area contributed by atoms with E-state index in [1.54, 1.807) is 45.2 Å². The van der Waals surface area contributed by atoms with Crippen molar-refractivity contribution in [1.29, 1.82) is 0 Å². The first-order chi connectivity index (χ1) is 9.39. The number of carbonyl (C=O) groups is 2. The van der Waals surface area contributed by atoms with Gasteiger partial charge in [-0.3, -0.25) is 9.59 Å². The molecule has 0 saturated heterocycles. The molecule has 1 aromatic rings. The van der Waals surface area contributed by atoms with Crippen LogP contribution in [-0.4, -0.2) is 38.1 Å². The van der Waals surface area contributed by atoms with Crippen molar-refractivity contribution in [3.8, 4) is 0 Å². The van der Waals surface area contributed by atoms with Crippen molar-refractivity contribution < 1.29 is 14.3 Å². The van der Waals surface area contributed by atoms with Gasteiger partial charge in [0.1, 0.15) is 6.61 Å². The molecule has 0 fully saturated rings. The largest absolute Gasteiger partial charge is 0.375 e. The summed E-state index contributed by atoms with van der Waals surface area (Å²) < 4.78 is 4.73. The Morgan fingerprint density at radius 2 is 1.60 bits per heavy atom. The van der Waals surface area contributed by atoms with Gasteiger partial charge in [-0.05, 0) is 45.2 Å². The fourth-order valence-corrected chi connectivity index (χ4v) is 1.37. The highest BCUT2D eigenvalue weighted by Gasteiger charge is 2.24. The van der Waals surface area contributed by atoms with Crippen molar-refractivity contribution in [2.75, 3.05) is 31.4 Å². The third kappa shape index (κ3) is 4.64. The van der Waals surface area contributed by atoms with E-state index in [1.807, 2.05) is 0 Å². The summed E-state index contributed by atoms with van der Waals surface area (Å²) in [6, 6.07) is 6.89. The second-order valence-electron chi connectivity index (χ2n) is 4.89. The summed E-state index contributed by atoms with van der Waals surface area (Å²) >= 11 is 0. The van der Waals surface area contributed by atoms with E-state index >= 15 is 0 Å². The molecule has 0 spiro atoms. The first-order valence-corrected chi connectivity index (χ1v) is 6.28. The third-order valence-electron chi connectivity index (χ3n) is 2.89. The van der Waals surface area contributed by atoms with Crippen LogP contribution in [0.2, 0.25) is 0 Å². The van der Waals surface area contributed by atoms with E-state index in [2.05, 4.69) is 16.0 Å². The molecule has 6 nitrogen and oxygen atoms in total. The van der Waals surface area contributed by atoms with E-state index in [0.717, 1.165) is 0 Å². The van der Waals surface area contributed by atoms with Crippen molar-refractivity contribution in [2.24, 2.45) is 0 Å². The minimum Gasteiger partial charge on any atom is -0.375 e. The summed E-state index contributed by atoms with van der Waals surface area (Å²) in [5.41, 5.74) is 0.673. The molecule has 3 N–H and O–H groups in total. The highest BCUT2D eigenvalue weighted by atomic mass is 16.5. The maximum absolute atomic E-state index is 12.0. The number of rotatable bonds is 6. The smallest absolute Gasteiger partial charge is 0.250 e. The molecule has 0 atom stereocenters. The SMILES string of the molecule is CNC(C)(C)C(=O)Nc1ccc(NC(=O)COC)cc1. The van der Waals surface area contributed by atoms with Crippen LogP contribution >= 0.6 is 0 Å². The number of likely N-dealkylation sites (N-methyl/N-ethyl adjacent to an activating group) is 1. The molecule has 0 bridgehead atoms. The van der Waals surface area contributed by atoms with Gasteiger partial charge in [0.15, 0.2) is 0 Å². The highest BCUT2D eigenvalue weighted by Crippen LogP contribution is 2.15. The van der Waals surface area contributed by atoms with Crippen LogP contribution < -0.4 is 16.0 Å². The van der Waals surface area contributed by atoms with Gasteiger partial charge in [0.2, 0.25) is 11.8 Å². The Morgan fingerprint density at radius 3 is 2.05 bits per heavy atom. The molecule has 110 valence electrons. The Balaban J connectivity index is 2.63. The molecule has 0 unspecified atom stereocenters. The highest BCUT2D eigenvalue weighted by molar-refractivity contribution is 5.98. The number of benzene rings is 1. The van der Waals surface area contributed by atoms with E-state index in [-0.39, 0.29) is 18.4 Å². The van der Waals surface area contributed by atoms with Crippen molar-refractivity contribution in [1.82, 2.24) is 5.32 Å². The van der Waals surface area contributed by atoms with E-state index in [0.29, 0.717) is 11.4 Å². The number of amides is 2. The standard InChI is InChI=1S/C14H21N3O3/c1-14(2,15-3)13(19)17-11-7-5-10(6-8-11)16-12(18)9-20-4/h5-8,15H,9H2,1-4H3,(H,16,18)(H,17,19). The average Bonchev–Trinajstić information content (AvgIpc) is 2.41. The number of hydrogen-bond donors (Lipinski definition) is 3. The quantitative estimate of drug-likeness (QED) is 0.731. The van der Waals surface area contributed by atoms with Gasteiger partial charge in [0.05, 0.1) is 5.54 Å². The summed E-state index contributed by atoms with van der Waals surface area (Å²) in [6.07, 6.45) is 0. The van der Waals surface area contributed by atoms with Crippen LogP contribution in [0.5, 0.6) is 0 Å². The molecule has 6 heteroatoms. The number of hydrogen-bond acceptors (Lipinski definition) is 4. The third-order valence-corrected chi connectivity index (χ3v) is 2.89. The lowest BCUT2D eigenvalue weighted by atomic mass is 10.1. The Morgan fingerprint density at radius 1 is 1.10 bits per heavy atom. The van der Waals surface area contributed by atoms with Crippen LogP contribution in [0.15, 0.2) is 24.3 Å². The molecule has 1 rings (SSSR count). The Labute approximate surface area is 118 Å². The Hall–Kier alpha value is -1.92. The molecule has 2 amide bonds. The molecular weight excluding hydrogens is 258 g/mol. The van der Waals surface area contributed by atoms with E-state index in [4.69, 9.17) is 4.74 Å². The van der Waals surface area contributed by atoms with Crippen LogP contribution in [0.4, 0.5) is 11.4 Å². The zero-order valence-corrected chi connectivity index (χ0v) is 12.2. The van der Waals surface area contributed by atoms with Crippen LogP contribution in [0.25, 0.3) is 0 Å². The maximum atomic E-state index is 12.0. The molecule has 0 aliphatic carbocycles. The van der Waals surface area contributed by atoms with Gasteiger partial charge in [0, 0.05) is 18.5 Å². The van der Waals surface area contributed by atoms with E-state index in [9.17, 15) is 9.59 Å². The molecular formula is C14H21N3O3. The van der Waals surface area contributed by atoms with Crippen molar-refractivity contribution in [3.63, 3.8) is 0 Å². The summed E-state index contributed by atoms with van der Waals surface area (Å²) in [7, 11) is 3.19. The fraction of sp³-hybridized carbons (Fsp3) is 0.429. The summed E-state index contributed by atoms with van der Waals surface area (Å²) in [4.78, 5) is 23.3. The lowest BCUT2D eigenvalue weighted by Crippen LogP contribution is -2.47. The van der Waals surface area contributed by atoms with Gasteiger partial charge in [-0.15, -0.1) is 0 Å². The number of anilines is 2. The van der Waals surface area contributed by atoms with Crippen molar-refractivity contribution >= 4 is 23.2 Å². The molecule has 1 aromatic carbocycles. The fourth-order valence-electron chi connectivity index (χ4n) is 1.37. The van der Waals surface area contributed by atoms with Gasteiger partial charge in [-0.2, -0.15) is 0 Å². The first-order valence-electron chi connectivity index (χ1n) is 6.28. The topological polar surface area (TPSA) is 79.5 Å². The minimum atomic E-state index is -0.647. The lowest BCUT2D eigenvalue weighted by molar-refractivity contribution is -0.121. The van der Waals surface area contributed by atoms with Crippen LogP contribution in [-0.2, 0) is 14.3 Å². The Kier molecular flexibility index (Phi) is 5.66. The zero-order chi connectivity index (χ0) is 15.2. The Bertz CT molecular complexity index is 469. The van der Waals surface area contributed by atoms with Crippen LogP contribution in [0.3, 0.4) is 0 Å². The summed E-state index contributed by atoms with van der Waals surface area (Å²) in [5.74, 6) is -0.350. The van der Waals surface area contributed by atoms with E-state index < -0.39 is 5.54 Å². The van der Waals surface area contributed by atoms with Gasteiger partial charge in [-0.1, -0.05) is 0 Å². The predicted molar refractivity (Wildman–Crippen MR) is 78.7 cm³/mol. The molecule has 0 aromatic heterocycles. The normalized spacial score (nSPS) is 11.0. The number of ether oxygens (including phenoxy) is 1. The minimum absolute atomic E-state index is 0.00878. The van der Waals surface area contributed by atoms with Crippen LogP contribution in [0.1, 0.15) is 13.8 Å². The van der Waals surface area contributed by atoms with Crippen molar-refractivity contribution in [3.05, 3.63) is 24.3 Å². The second-order valence-corrected chi connectivity index (χ2v) is 4.89. The molecule has 20 heavy (non-hydrogen) atoms. The first kappa shape index (κ1) is 16.1. The van der Waals surface area contributed by atoms with Gasteiger partial charge >= 0.3 is 0 Å². The number of carbonyl (C=O) groups excluding carboxylic acids is 2. The lowest BCUT2D eigenvalue weighted by Gasteiger charge is -2.22. The van der Waals surface area contributed by atoms with Gasteiger partial charge in [0.25, 0.3) is 0 Å². The van der Waals surface area contributed by atoms with Crippen molar-refractivity contribution in [2.45, 2.75) is 19.4 Å². The maximum Gasteiger partial charge on any atom is 0.250 e.